The van der Waals surface area contributed by atoms with E-state index >= 15 is 0 Å². The zero-order valence-electron chi connectivity index (χ0n) is 15.9. The van der Waals surface area contributed by atoms with Gasteiger partial charge < -0.3 is 20.2 Å². The highest BCUT2D eigenvalue weighted by Crippen LogP contribution is 2.30. The van der Waals surface area contributed by atoms with Crippen LogP contribution in [0.15, 0.2) is 54.6 Å². The van der Waals surface area contributed by atoms with Gasteiger partial charge in [-0.3, -0.25) is 9.59 Å². The zero-order valence-corrected chi connectivity index (χ0v) is 15.9. The Kier molecular flexibility index (Phi) is 5.35. The zero-order chi connectivity index (χ0) is 20.3. The van der Waals surface area contributed by atoms with Gasteiger partial charge in [-0.15, -0.1) is 0 Å². The number of rotatable bonds is 4. The van der Waals surface area contributed by atoms with Crippen molar-refractivity contribution in [3.8, 4) is 0 Å². The van der Waals surface area contributed by atoms with Gasteiger partial charge in [0.05, 0.1) is 5.41 Å². The molecule has 28 heavy (non-hydrogen) atoms. The molecule has 7 heteroatoms. The minimum atomic E-state index is -0.923. The van der Waals surface area contributed by atoms with Crippen molar-refractivity contribution in [3.63, 3.8) is 0 Å². The van der Waals surface area contributed by atoms with Gasteiger partial charge in [0.2, 0.25) is 0 Å². The number of hydrogen-bond donors (Lipinski definition) is 2. The van der Waals surface area contributed by atoms with E-state index in [1.807, 2.05) is 30.3 Å². The lowest BCUT2D eigenvalue weighted by molar-refractivity contribution is -0.146. The summed E-state index contributed by atoms with van der Waals surface area (Å²) in [5, 5.41) is 12.1. The van der Waals surface area contributed by atoms with E-state index in [0.29, 0.717) is 24.2 Å². The Morgan fingerprint density at radius 1 is 1.11 bits per heavy atom. The number of carbonyl (C=O) groups is 3. The Bertz CT molecular complexity index is 900. The number of carboxylic acid groups (broad SMARTS) is 1. The van der Waals surface area contributed by atoms with Gasteiger partial charge in [-0.25, -0.2) is 4.79 Å². The molecule has 2 aromatic rings. The number of likely N-dealkylation sites (tertiary alicyclic amines) is 1. The predicted octanol–water partition coefficient (Wildman–Crippen LogP) is 3.29. The molecule has 1 unspecified atom stereocenters. The summed E-state index contributed by atoms with van der Waals surface area (Å²) in [7, 11) is 1.69. The third-order valence-corrected chi connectivity index (χ3v) is 5.09. The van der Waals surface area contributed by atoms with Gasteiger partial charge in [0.1, 0.15) is 0 Å². The van der Waals surface area contributed by atoms with Crippen LogP contribution in [0.4, 0.5) is 16.2 Å². The van der Waals surface area contributed by atoms with Gasteiger partial charge in [-0.2, -0.15) is 0 Å². The van der Waals surface area contributed by atoms with Gasteiger partial charge in [-0.1, -0.05) is 24.3 Å². The summed E-state index contributed by atoms with van der Waals surface area (Å²) in [5.74, 6) is -1.10. The smallest absolute Gasteiger partial charge is 0.321 e. The molecule has 7 nitrogen and oxygen atoms in total. The van der Waals surface area contributed by atoms with E-state index in [4.69, 9.17) is 0 Å². The van der Waals surface area contributed by atoms with Crippen molar-refractivity contribution in [2.75, 3.05) is 30.4 Å². The summed E-state index contributed by atoms with van der Waals surface area (Å²) >= 11 is 0. The van der Waals surface area contributed by atoms with E-state index in [1.165, 1.54) is 4.90 Å². The first-order valence-electron chi connectivity index (χ1n) is 9.03. The van der Waals surface area contributed by atoms with Crippen molar-refractivity contribution in [3.05, 3.63) is 60.2 Å². The van der Waals surface area contributed by atoms with Crippen LogP contribution in [0.3, 0.4) is 0 Å². The fourth-order valence-corrected chi connectivity index (χ4v) is 3.20. The summed E-state index contributed by atoms with van der Waals surface area (Å²) in [6, 6.07) is 15.6. The topological polar surface area (TPSA) is 90.0 Å². The Hall–Kier alpha value is -3.35. The monoisotopic (exact) mass is 381 g/mol. The van der Waals surface area contributed by atoms with Gasteiger partial charge in [0, 0.05) is 37.1 Å². The number of benzene rings is 2. The summed E-state index contributed by atoms with van der Waals surface area (Å²) in [4.78, 5) is 39.6. The van der Waals surface area contributed by atoms with E-state index in [2.05, 4.69) is 5.32 Å². The second kappa shape index (κ2) is 7.72. The van der Waals surface area contributed by atoms with Crippen molar-refractivity contribution < 1.29 is 19.5 Å². The summed E-state index contributed by atoms with van der Waals surface area (Å²) in [5.41, 5.74) is 0.780. The summed E-state index contributed by atoms with van der Waals surface area (Å²) in [6.07, 6.45) is 0.413. The van der Waals surface area contributed by atoms with E-state index in [0.717, 1.165) is 5.69 Å². The SMILES string of the molecule is CN(C(=O)c1cccc(NC(=O)N2CCC(C)(C(=O)O)C2)c1)c1ccccc1. The lowest BCUT2D eigenvalue weighted by Gasteiger charge is -2.21. The number of urea groups is 1. The maximum Gasteiger partial charge on any atom is 0.321 e. The maximum atomic E-state index is 12.7. The molecule has 0 aliphatic carbocycles. The molecule has 0 radical (unpaired) electrons. The number of carbonyl (C=O) groups excluding carboxylic acids is 2. The first-order chi connectivity index (χ1) is 13.3. The highest BCUT2D eigenvalue weighted by Gasteiger charge is 2.42. The molecule has 1 saturated heterocycles. The van der Waals surface area contributed by atoms with Crippen LogP contribution in [0.2, 0.25) is 0 Å². The van der Waals surface area contributed by atoms with E-state index in [-0.39, 0.29) is 18.5 Å². The number of amides is 3. The number of nitrogens with one attached hydrogen (secondary N) is 1. The fraction of sp³-hybridized carbons (Fsp3) is 0.286. The van der Waals surface area contributed by atoms with Gasteiger partial charge in [0.25, 0.3) is 5.91 Å². The van der Waals surface area contributed by atoms with Gasteiger partial charge >= 0.3 is 12.0 Å². The molecule has 1 atom stereocenters. The molecular weight excluding hydrogens is 358 g/mol. The molecule has 1 heterocycles. The third kappa shape index (κ3) is 3.98. The van der Waals surface area contributed by atoms with Crippen LogP contribution >= 0.6 is 0 Å². The molecule has 1 fully saturated rings. The van der Waals surface area contributed by atoms with Crippen LogP contribution in [0.5, 0.6) is 0 Å². The van der Waals surface area contributed by atoms with Gasteiger partial charge in [-0.05, 0) is 43.7 Å². The van der Waals surface area contributed by atoms with Crippen LogP contribution in [0, 0.1) is 5.41 Å². The first-order valence-corrected chi connectivity index (χ1v) is 9.03. The first kappa shape index (κ1) is 19.4. The van der Waals surface area contributed by atoms with Crippen molar-refractivity contribution in [2.45, 2.75) is 13.3 Å². The van der Waals surface area contributed by atoms with Crippen LogP contribution in [-0.2, 0) is 4.79 Å². The van der Waals surface area contributed by atoms with Crippen molar-refractivity contribution in [1.82, 2.24) is 4.90 Å². The van der Waals surface area contributed by atoms with Crippen LogP contribution in [0.25, 0.3) is 0 Å². The number of hydrogen-bond acceptors (Lipinski definition) is 3. The molecule has 2 aromatic carbocycles. The second-order valence-corrected chi connectivity index (χ2v) is 7.25. The fourth-order valence-electron chi connectivity index (χ4n) is 3.20. The van der Waals surface area contributed by atoms with Crippen molar-refractivity contribution in [1.29, 1.82) is 0 Å². The largest absolute Gasteiger partial charge is 0.481 e. The Labute approximate surface area is 163 Å². The van der Waals surface area contributed by atoms with Gasteiger partial charge in [0.15, 0.2) is 0 Å². The number of anilines is 2. The summed E-state index contributed by atoms with van der Waals surface area (Å²) < 4.78 is 0. The molecule has 3 amide bonds. The molecule has 2 N–H and O–H groups in total. The predicted molar refractivity (Wildman–Crippen MR) is 107 cm³/mol. The quantitative estimate of drug-likeness (QED) is 0.850. The second-order valence-electron chi connectivity index (χ2n) is 7.25. The minimum absolute atomic E-state index is 0.156. The Balaban J connectivity index is 1.69. The number of carboxylic acids is 1. The number of para-hydroxylation sites is 1. The molecule has 0 bridgehead atoms. The molecule has 3 rings (SSSR count). The maximum absolute atomic E-state index is 12.7. The van der Waals surface area contributed by atoms with Crippen LogP contribution in [-0.4, -0.2) is 48.1 Å². The molecular formula is C21H23N3O4. The third-order valence-electron chi connectivity index (χ3n) is 5.09. The van der Waals surface area contributed by atoms with E-state index in [9.17, 15) is 19.5 Å². The standard InChI is InChI=1S/C21H23N3O4/c1-21(19(26)27)11-12-24(14-21)20(28)22-16-8-6-7-15(13-16)18(25)23(2)17-9-4-3-5-10-17/h3-10,13H,11-12,14H2,1-2H3,(H,22,28)(H,26,27). The molecule has 0 saturated carbocycles. The normalized spacial score (nSPS) is 18.6. The van der Waals surface area contributed by atoms with E-state index < -0.39 is 11.4 Å². The molecule has 1 aliphatic rings. The highest BCUT2D eigenvalue weighted by molar-refractivity contribution is 6.06. The lowest BCUT2D eigenvalue weighted by atomic mass is 9.90. The average Bonchev–Trinajstić information content (AvgIpc) is 3.11. The molecule has 1 aliphatic heterocycles. The number of aliphatic carboxylic acids is 1. The summed E-state index contributed by atoms with van der Waals surface area (Å²) in [6.45, 7) is 2.18. The van der Waals surface area contributed by atoms with E-state index in [1.54, 1.807) is 43.1 Å². The Morgan fingerprint density at radius 2 is 1.82 bits per heavy atom. The highest BCUT2D eigenvalue weighted by atomic mass is 16.4. The van der Waals surface area contributed by atoms with Crippen LogP contribution < -0.4 is 10.2 Å². The molecule has 146 valence electrons. The molecule has 0 aromatic heterocycles. The number of nitrogens with zero attached hydrogens (tertiary/aromatic N) is 2. The van der Waals surface area contributed by atoms with Crippen LogP contribution in [0.1, 0.15) is 23.7 Å². The lowest BCUT2D eigenvalue weighted by Crippen LogP contribution is -2.37. The molecule has 0 spiro atoms. The van der Waals surface area contributed by atoms with Crippen molar-refractivity contribution in [2.24, 2.45) is 5.41 Å². The van der Waals surface area contributed by atoms with Crippen molar-refractivity contribution >= 4 is 29.3 Å². The Morgan fingerprint density at radius 3 is 2.46 bits per heavy atom. The average molecular weight is 381 g/mol. The minimum Gasteiger partial charge on any atom is -0.481 e.